The SMILES string of the molecule is CN=C([B]C(=NC)OC)OC. The Labute approximate surface area is 67.6 Å². The van der Waals surface area contributed by atoms with Crippen LogP contribution in [0.2, 0.25) is 0 Å². The summed E-state index contributed by atoms with van der Waals surface area (Å²) in [6, 6.07) is 0. The van der Waals surface area contributed by atoms with Crippen LogP contribution in [0.5, 0.6) is 0 Å². The highest BCUT2D eigenvalue weighted by Crippen LogP contribution is 1.81. The minimum atomic E-state index is 0.493. The quantitative estimate of drug-likeness (QED) is 0.319. The molecule has 0 spiro atoms. The molecule has 1 radical (unpaired) electrons. The van der Waals surface area contributed by atoms with Crippen LogP contribution in [0, 0.1) is 0 Å². The van der Waals surface area contributed by atoms with Crippen molar-refractivity contribution in [2.24, 2.45) is 9.98 Å². The predicted octanol–water partition coefficient (Wildman–Crippen LogP) is -0.0450. The van der Waals surface area contributed by atoms with Crippen LogP contribution in [0.1, 0.15) is 0 Å². The van der Waals surface area contributed by atoms with Gasteiger partial charge in [-0.1, -0.05) is 0 Å². The second-order valence-electron chi connectivity index (χ2n) is 1.68. The van der Waals surface area contributed by atoms with Gasteiger partial charge in [0.15, 0.2) is 0 Å². The van der Waals surface area contributed by atoms with Crippen molar-refractivity contribution in [3.63, 3.8) is 0 Å². The third-order valence-electron chi connectivity index (χ3n) is 1.11. The zero-order valence-electron chi connectivity index (χ0n) is 7.29. The van der Waals surface area contributed by atoms with Crippen LogP contribution in [0.4, 0.5) is 0 Å². The average Bonchev–Trinajstić information content (AvgIpc) is 2.07. The normalized spacial score (nSPS) is 12.7. The van der Waals surface area contributed by atoms with Gasteiger partial charge in [0.25, 0.3) is 0 Å². The van der Waals surface area contributed by atoms with E-state index in [9.17, 15) is 0 Å². The van der Waals surface area contributed by atoms with Crippen molar-refractivity contribution in [1.29, 1.82) is 0 Å². The lowest BCUT2D eigenvalue weighted by atomic mass is 9.78. The molecule has 0 aliphatic carbocycles. The molecule has 0 bridgehead atoms. The zero-order chi connectivity index (χ0) is 8.69. The summed E-state index contributed by atoms with van der Waals surface area (Å²) in [5.74, 6) is 0.986. The molecule has 0 aliphatic heterocycles. The number of ether oxygens (including phenoxy) is 2. The first-order valence-corrected chi connectivity index (χ1v) is 3.14. The molecule has 11 heavy (non-hydrogen) atoms. The maximum absolute atomic E-state index is 4.87. The third kappa shape index (κ3) is 3.65. The molecule has 0 atom stereocenters. The van der Waals surface area contributed by atoms with Crippen molar-refractivity contribution < 1.29 is 9.47 Å². The Morgan fingerprint density at radius 1 is 1.00 bits per heavy atom. The molecule has 0 rings (SSSR count). The molecule has 61 valence electrons. The van der Waals surface area contributed by atoms with E-state index in [1.54, 1.807) is 35.6 Å². The summed E-state index contributed by atoms with van der Waals surface area (Å²) in [6.07, 6.45) is 0. The van der Waals surface area contributed by atoms with Gasteiger partial charge in [0.2, 0.25) is 0 Å². The first kappa shape index (κ1) is 10.0. The Kier molecular flexibility index (Phi) is 5.24. The van der Waals surface area contributed by atoms with Gasteiger partial charge in [-0.15, -0.1) is 0 Å². The summed E-state index contributed by atoms with van der Waals surface area (Å²) in [7, 11) is 7.97. The van der Waals surface area contributed by atoms with Crippen molar-refractivity contribution in [3.05, 3.63) is 0 Å². The number of methoxy groups -OCH3 is 2. The molecule has 0 aromatic rings. The lowest BCUT2D eigenvalue weighted by Crippen LogP contribution is -2.22. The largest absolute Gasteiger partial charge is 0.493 e. The first-order chi connectivity index (χ1) is 5.28. The molecule has 0 amide bonds. The lowest BCUT2D eigenvalue weighted by Gasteiger charge is -2.03. The highest BCUT2D eigenvalue weighted by Gasteiger charge is 2.07. The molecule has 0 saturated carbocycles. The molecule has 4 nitrogen and oxygen atoms in total. The predicted molar refractivity (Wildman–Crippen MR) is 46.5 cm³/mol. The Bertz CT molecular complexity index is 150. The molecule has 0 fully saturated rings. The molecule has 5 heteroatoms. The summed E-state index contributed by atoms with van der Waals surface area (Å²) in [5, 5.41) is 0. The highest BCUT2D eigenvalue weighted by atomic mass is 16.5. The fourth-order valence-electron chi connectivity index (χ4n) is 0.535. The minimum Gasteiger partial charge on any atom is -0.493 e. The van der Waals surface area contributed by atoms with E-state index in [1.807, 2.05) is 0 Å². The van der Waals surface area contributed by atoms with Gasteiger partial charge < -0.3 is 9.47 Å². The molecule has 0 aromatic heterocycles. The standard InChI is InChI=1S/C6H12BN2O2/c1-8-5(10-3)7-6(9-2)11-4/h1-4H3. The maximum Gasteiger partial charge on any atom is 0.340 e. The number of nitrogens with zero attached hydrogens (tertiary/aromatic N) is 2. The van der Waals surface area contributed by atoms with Crippen LogP contribution in [0.15, 0.2) is 9.98 Å². The Balaban J connectivity index is 4.00. The molecule has 0 saturated heterocycles. The smallest absolute Gasteiger partial charge is 0.340 e. The van der Waals surface area contributed by atoms with Crippen LogP contribution in [-0.2, 0) is 9.47 Å². The van der Waals surface area contributed by atoms with E-state index in [4.69, 9.17) is 9.47 Å². The highest BCUT2D eigenvalue weighted by molar-refractivity contribution is 6.96. The molecular weight excluding hydrogens is 143 g/mol. The number of hydrogen-bond acceptors (Lipinski definition) is 4. The van der Waals surface area contributed by atoms with Gasteiger partial charge in [0.1, 0.15) is 11.6 Å². The molecule has 0 aromatic carbocycles. The zero-order valence-corrected chi connectivity index (χ0v) is 7.29. The van der Waals surface area contributed by atoms with E-state index in [0.29, 0.717) is 11.6 Å². The topological polar surface area (TPSA) is 43.2 Å². The van der Waals surface area contributed by atoms with E-state index in [2.05, 4.69) is 9.98 Å². The van der Waals surface area contributed by atoms with E-state index in [-0.39, 0.29) is 0 Å². The van der Waals surface area contributed by atoms with Gasteiger partial charge in [0.05, 0.1) is 14.2 Å². The van der Waals surface area contributed by atoms with Crippen molar-refractivity contribution in [2.45, 2.75) is 0 Å². The second kappa shape index (κ2) is 5.76. The number of rotatable bonds is 2. The van der Waals surface area contributed by atoms with Crippen molar-refractivity contribution in [3.8, 4) is 0 Å². The van der Waals surface area contributed by atoms with Gasteiger partial charge in [-0.25, -0.2) is 0 Å². The van der Waals surface area contributed by atoms with Crippen LogP contribution >= 0.6 is 0 Å². The van der Waals surface area contributed by atoms with Crippen molar-refractivity contribution in [2.75, 3.05) is 28.3 Å². The summed E-state index contributed by atoms with van der Waals surface area (Å²) >= 11 is 0. The van der Waals surface area contributed by atoms with Crippen molar-refractivity contribution >= 4 is 18.9 Å². The molecular formula is C6H12BN2O2. The van der Waals surface area contributed by atoms with E-state index in [0.717, 1.165) is 0 Å². The Morgan fingerprint density at radius 3 is 1.55 bits per heavy atom. The molecule has 0 aliphatic rings. The molecule has 0 N–H and O–H groups in total. The lowest BCUT2D eigenvalue weighted by molar-refractivity contribution is 0.404. The molecule has 0 unspecified atom stereocenters. The first-order valence-electron chi connectivity index (χ1n) is 3.14. The van der Waals surface area contributed by atoms with E-state index in [1.165, 1.54) is 0 Å². The van der Waals surface area contributed by atoms with Crippen LogP contribution in [-0.4, -0.2) is 47.2 Å². The summed E-state index contributed by atoms with van der Waals surface area (Å²) < 4.78 is 9.73. The van der Waals surface area contributed by atoms with Crippen LogP contribution in [0.3, 0.4) is 0 Å². The fraction of sp³-hybridized carbons (Fsp3) is 0.667. The summed E-state index contributed by atoms with van der Waals surface area (Å²) in [6.45, 7) is 0. The number of aliphatic imine (C=N–C) groups is 2. The molecule has 0 heterocycles. The van der Waals surface area contributed by atoms with Gasteiger partial charge in [-0.2, -0.15) is 0 Å². The number of hydrogen-bond donors (Lipinski definition) is 0. The van der Waals surface area contributed by atoms with Gasteiger partial charge in [-0.3, -0.25) is 9.98 Å². The van der Waals surface area contributed by atoms with Gasteiger partial charge in [-0.05, 0) is 0 Å². The van der Waals surface area contributed by atoms with E-state index >= 15 is 0 Å². The fourth-order valence-corrected chi connectivity index (χ4v) is 0.535. The van der Waals surface area contributed by atoms with Crippen molar-refractivity contribution in [1.82, 2.24) is 0 Å². The third-order valence-corrected chi connectivity index (χ3v) is 1.11. The van der Waals surface area contributed by atoms with Gasteiger partial charge >= 0.3 is 7.28 Å². The van der Waals surface area contributed by atoms with Crippen LogP contribution < -0.4 is 0 Å². The minimum absolute atomic E-state index is 0.493. The maximum atomic E-state index is 4.87. The van der Waals surface area contributed by atoms with E-state index < -0.39 is 0 Å². The monoisotopic (exact) mass is 155 g/mol. The summed E-state index contributed by atoms with van der Waals surface area (Å²) in [5.41, 5.74) is 0. The Morgan fingerprint density at radius 2 is 1.36 bits per heavy atom. The Hall–Kier alpha value is -0.995. The summed E-state index contributed by atoms with van der Waals surface area (Å²) in [4.78, 5) is 7.64. The average molecular weight is 155 g/mol. The van der Waals surface area contributed by atoms with Crippen LogP contribution in [0.25, 0.3) is 0 Å². The second-order valence-corrected chi connectivity index (χ2v) is 1.68. The van der Waals surface area contributed by atoms with Gasteiger partial charge in [0, 0.05) is 14.1 Å².